The molecule has 0 spiro atoms. The molecule has 1 N–H and O–H groups in total. The predicted molar refractivity (Wildman–Crippen MR) is 61.2 cm³/mol. The summed E-state index contributed by atoms with van der Waals surface area (Å²) in [5.41, 5.74) is -0.458. The molecule has 0 bridgehead atoms. The van der Waals surface area contributed by atoms with E-state index in [0.29, 0.717) is 0 Å². The van der Waals surface area contributed by atoms with Crippen LogP contribution in [0, 0.1) is 10.1 Å². The van der Waals surface area contributed by atoms with Gasteiger partial charge in [0.05, 0.1) is 10.7 Å². The van der Waals surface area contributed by atoms with Crippen LogP contribution in [0.25, 0.3) is 0 Å². The molecule has 0 radical (unpaired) electrons. The Labute approximate surface area is 97.4 Å². The van der Waals surface area contributed by atoms with E-state index in [0.717, 1.165) is 6.07 Å². The molecule has 1 aromatic carbocycles. The highest BCUT2D eigenvalue weighted by atomic mass is 35.5. The first-order valence-corrected chi connectivity index (χ1v) is 6.33. The van der Waals surface area contributed by atoms with Crippen LogP contribution in [0.4, 0.5) is 11.4 Å². The number of hydrogen-bond acceptors (Lipinski definition) is 4. The van der Waals surface area contributed by atoms with E-state index in [1.165, 1.54) is 19.1 Å². The second kappa shape index (κ2) is 4.67. The number of nitrogens with zero attached hydrogens (tertiary/aromatic N) is 1. The van der Waals surface area contributed by atoms with Gasteiger partial charge in [0.15, 0.2) is 0 Å². The lowest BCUT2D eigenvalue weighted by Gasteiger charge is -2.06. The second-order valence-corrected chi connectivity index (χ2v) is 5.37. The van der Waals surface area contributed by atoms with E-state index in [4.69, 9.17) is 11.6 Å². The van der Waals surface area contributed by atoms with Crippen LogP contribution < -0.4 is 4.72 Å². The monoisotopic (exact) mass is 264 g/mol. The number of sulfonamides is 1. The molecule has 8 heteroatoms. The Balaban J connectivity index is 3.19. The van der Waals surface area contributed by atoms with E-state index in [1.807, 2.05) is 0 Å². The molecule has 16 heavy (non-hydrogen) atoms. The van der Waals surface area contributed by atoms with Crippen molar-refractivity contribution in [2.45, 2.75) is 6.92 Å². The molecule has 0 saturated heterocycles. The Morgan fingerprint density at radius 1 is 1.50 bits per heavy atom. The molecule has 0 fully saturated rings. The van der Waals surface area contributed by atoms with Crippen LogP contribution in [0.15, 0.2) is 18.2 Å². The minimum atomic E-state index is -3.54. The summed E-state index contributed by atoms with van der Waals surface area (Å²) in [6, 6.07) is 3.73. The summed E-state index contributed by atoms with van der Waals surface area (Å²) in [5, 5.41) is 10.8. The first-order chi connectivity index (χ1) is 7.35. The Morgan fingerprint density at radius 3 is 2.62 bits per heavy atom. The number of halogens is 1. The van der Waals surface area contributed by atoms with Gasteiger partial charge in [-0.2, -0.15) is 0 Å². The predicted octanol–water partition coefficient (Wildman–Crippen LogP) is 2.01. The molecule has 0 saturated carbocycles. The smallest absolute Gasteiger partial charge is 0.277 e. The van der Waals surface area contributed by atoms with Gasteiger partial charge in [0.2, 0.25) is 10.0 Å². The minimum Gasteiger partial charge on any atom is -0.277 e. The highest BCUT2D eigenvalue weighted by Gasteiger charge is 2.18. The van der Waals surface area contributed by atoms with Crippen molar-refractivity contribution in [3.63, 3.8) is 0 Å². The van der Waals surface area contributed by atoms with E-state index in [-0.39, 0.29) is 22.2 Å². The number of hydrogen-bond donors (Lipinski definition) is 1. The number of nitrogens with one attached hydrogen (secondary N) is 1. The molecule has 0 unspecified atom stereocenters. The zero-order valence-electron chi connectivity index (χ0n) is 8.31. The molecule has 0 atom stereocenters. The topological polar surface area (TPSA) is 89.3 Å². The van der Waals surface area contributed by atoms with Gasteiger partial charge in [-0.3, -0.25) is 14.8 Å². The Kier molecular flexibility index (Phi) is 3.71. The fraction of sp³-hybridized carbons (Fsp3) is 0.250. The van der Waals surface area contributed by atoms with Gasteiger partial charge < -0.3 is 0 Å². The largest absolute Gasteiger partial charge is 0.294 e. The molecule has 0 amide bonds. The maximum atomic E-state index is 11.3. The van der Waals surface area contributed by atoms with Gasteiger partial charge in [0, 0.05) is 11.1 Å². The van der Waals surface area contributed by atoms with Crippen molar-refractivity contribution in [1.29, 1.82) is 0 Å². The Bertz CT molecular complexity index is 515. The van der Waals surface area contributed by atoms with Crippen molar-refractivity contribution in [3.8, 4) is 0 Å². The summed E-state index contributed by atoms with van der Waals surface area (Å²) < 4.78 is 24.6. The number of benzene rings is 1. The molecule has 1 aromatic rings. The fourth-order valence-corrected chi connectivity index (χ4v) is 1.80. The van der Waals surface area contributed by atoms with Crippen molar-refractivity contribution >= 4 is 33.0 Å². The summed E-state index contributed by atoms with van der Waals surface area (Å²) in [5.74, 6) is -0.160. The summed E-state index contributed by atoms with van der Waals surface area (Å²) in [6.07, 6.45) is 0. The highest BCUT2D eigenvalue weighted by molar-refractivity contribution is 7.92. The molecule has 6 nitrogen and oxygen atoms in total. The van der Waals surface area contributed by atoms with Crippen molar-refractivity contribution in [2.24, 2.45) is 0 Å². The lowest BCUT2D eigenvalue weighted by atomic mass is 10.3. The Morgan fingerprint density at radius 2 is 2.12 bits per heavy atom. The van der Waals surface area contributed by atoms with Crippen molar-refractivity contribution in [2.75, 3.05) is 10.5 Å². The van der Waals surface area contributed by atoms with Crippen LogP contribution in [0.5, 0.6) is 0 Å². The molecule has 88 valence electrons. The first-order valence-electron chi connectivity index (χ1n) is 4.30. The number of rotatable bonds is 4. The average molecular weight is 265 g/mol. The molecule has 0 aromatic heterocycles. The van der Waals surface area contributed by atoms with Gasteiger partial charge >= 0.3 is 0 Å². The van der Waals surface area contributed by atoms with E-state index in [2.05, 4.69) is 4.72 Å². The van der Waals surface area contributed by atoms with Gasteiger partial charge in [-0.05, 0) is 19.1 Å². The van der Waals surface area contributed by atoms with Crippen LogP contribution in [0.3, 0.4) is 0 Å². The van der Waals surface area contributed by atoms with Gasteiger partial charge in [0.25, 0.3) is 5.69 Å². The Hall–Kier alpha value is -1.34. The van der Waals surface area contributed by atoms with E-state index in [1.54, 1.807) is 0 Å². The molecule has 0 heterocycles. The van der Waals surface area contributed by atoms with E-state index >= 15 is 0 Å². The third-order valence-electron chi connectivity index (χ3n) is 1.80. The SMILES string of the molecule is CCS(=O)(=O)Nc1ccc(Cl)cc1[N+](=O)[O-]. The summed E-state index contributed by atoms with van der Waals surface area (Å²) in [6.45, 7) is 1.43. The first kappa shape index (κ1) is 12.7. The quantitative estimate of drug-likeness (QED) is 0.665. The fourth-order valence-electron chi connectivity index (χ4n) is 0.982. The normalized spacial score (nSPS) is 11.1. The maximum Gasteiger partial charge on any atom is 0.294 e. The summed E-state index contributed by atoms with van der Waals surface area (Å²) >= 11 is 5.58. The van der Waals surface area contributed by atoms with Crippen LogP contribution in [-0.2, 0) is 10.0 Å². The third-order valence-corrected chi connectivity index (χ3v) is 3.33. The van der Waals surface area contributed by atoms with Crippen molar-refractivity contribution < 1.29 is 13.3 Å². The number of nitro groups is 1. The number of nitro benzene ring substituents is 1. The minimum absolute atomic E-state index is 0.0868. The molecule has 1 rings (SSSR count). The molecular formula is C8H9ClN2O4S. The average Bonchev–Trinajstić information content (AvgIpc) is 2.20. The molecular weight excluding hydrogens is 256 g/mol. The van der Waals surface area contributed by atoms with Gasteiger partial charge in [0.1, 0.15) is 5.69 Å². The molecule has 0 aliphatic heterocycles. The van der Waals surface area contributed by atoms with Crippen molar-refractivity contribution in [1.82, 2.24) is 0 Å². The lowest BCUT2D eigenvalue weighted by molar-refractivity contribution is -0.383. The van der Waals surface area contributed by atoms with E-state index < -0.39 is 14.9 Å². The van der Waals surface area contributed by atoms with Crippen LogP contribution in [0.1, 0.15) is 6.92 Å². The van der Waals surface area contributed by atoms with Crippen molar-refractivity contribution in [3.05, 3.63) is 33.3 Å². The highest BCUT2D eigenvalue weighted by Crippen LogP contribution is 2.28. The molecule has 0 aliphatic rings. The lowest BCUT2D eigenvalue weighted by Crippen LogP contribution is -2.15. The zero-order valence-corrected chi connectivity index (χ0v) is 9.88. The number of anilines is 1. The molecule has 0 aliphatic carbocycles. The zero-order chi connectivity index (χ0) is 12.3. The van der Waals surface area contributed by atoms with Crippen LogP contribution in [0.2, 0.25) is 5.02 Å². The third kappa shape index (κ3) is 3.07. The summed E-state index contributed by atoms with van der Waals surface area (Å²) in [7, 11) is -3.54. The van der Waals surface area contributed by atoms with Gasteiger partial charge in [-0.15, -0.1) is 0 Å². The second-order valence-electron chi connectivity index (χ2n) is 2.92. The van der Waals surface area contributed by atoms with Crippen LogP contribution >= 0.6 is 11.6 Å². The maximum absolute atomic E-state index is 11.3. The summed E-state index contributed by atoms with van der Waals surface area (Å²) in [4.78, 5) is 9.97. The van der Waals surface area contributed by atoms with Crippen LogP contribution in [-0.4, -0.2) is 19.1 Å². The van der Waals surface area contributed by atoms with E-state index in [9.17, 15) is 18.5 Å². The van der Waals surface area contributed by atoms with Gasteiger partial charge in [-0.25, -0.2) is 8.42 Å². The standard InChI is InChI=1S/C8H9ClN2O4S/c1-2-16(14,15)10-7-4-3-6(9)5-8(7)11(12)13/h3-5,10H,2H2,1H3. The van der Waals surface area contributed by atoms with Gasteiger partial charge in [-0.1, -0.05) is 11.6 Å².